The van der Waals surface area contributed by atoms with Crippen LogP contribution < -0.4 is 34.9 Å². The molecule has 1 saturated carbocycles. The Balaban J connectivity index is 0.000000489. The van der Waals surface area contributed by atoms with E-state index in [1.165, 1.54) is 32.1 Å². The van der Waals surface area contributed by atoms with E-state index < -0.39 is 43.4 Å². The van der Waals surface area contributed by atoms with Crippen LogP contribution in [0.2, 0.25) is 0 Å². The van der Waals surface area contributed by atoms with Gasteiger partial charge >= 0.3 is 50.1 Å². The van der Waals surface area contributed by atoms with Crippen LogP contribution in [0, 0.1) is 5.92 Å². The number of benzene rings is 1. The minimum absolute atomic E-state index is 0. The second kappa shape index (κ2) is 16.5. The fourth-order valence-corrected chi connectivity index (χ4v) is 7.06. The van der Waals surface area contributed by atoms with Crippen molar-refractivity contribution < 1.29 is 81.0 Å². The van der Waals surface area contributed by atoms with Crippen LogP contribution in [0.15, 0.2) is 22.7 Å². The number of rotatable bonds is 9. The number of halogens is 3. The van der Waals surface area contributed by atoms with E-state index in [1.807, 2.05) is 6.07 Å². The van der Waals surface area contributed by atoms with Crippen LogP contribution in [0.4, 0.5) is 14.5 Å². The second-order valence-electron chi connectivity index (χ2n) is 8.99. The Morgan fingerprint density at radius 1 is 1.07 bits per heavy atom. The van der Waals surface area contributed by atoms with Crippen LogP contribution in [-0.4, -0.2) is 41.6 Å². The van der Waals surface area contributed by atoms with Gasteiger partial charge in [-0.1, -0.05) is 44.2 Å². The molecule has 40 heavy (non-hydrogen) atoms. The standard InChI is InChI=1S/C17H21BrF2NO3PS.C6H10BO6.Na/c18-14-12-7-4-8-13(21-10-9-11-5-2-1-3-6-11)15(12)26-16(14)17(19,20)25(22,23)24;1-4(8)11-7(12-5(2)9)13-6(3)10;/h4,7-8,11,21H,1-3,5-6,9-10H2,(H2,22,23,24);7H,1-3H3;/q;-1;+1. The quantitative estimate of drug-likeness (QED) is 0.267. The van der Waals surface area contributed by atoms with E-state index in [2.05, 4.69) is 35.2 Å². The molecule has 0 saturated heterocycles. The van der Waals surface area contributed by atoms with E-state index in [0.717, 1.165) is 50.8 Å². The van der Waals surface area contributed by atoms with E-state index in [1.54, 1.807) is 12.1 Å². The van der Waals surface area contributed by atoms with Crippen LogP contribution in [-0.2, 0) is 38.6 Å². The van der Waals surface area contributed by atoms with E-state index in [9.17, 15) is 27.7 Å². The van der Waals surface area contributed by atoms with Gasteiger partial charge in [0.25, 0.3) is 17.9 Å². The minimum atomic E-state index is -5.60. The second-order valence-corrected chi connectivity index (χ2v) is 12.5. The summed E-state index contributed by atoms with van der Waals surface area (Å²) in [4.78, 5) is 48.7. The van der Waals surface area contributed by atoms with Gasteiger partial charge in [0, 0.05) is 37.2 Å². The fourth-order valence-electron chi connectivity index (χ4n) is 4.03. The predicted octanol–water partition coefficient (Wildman–Crippen LogP) is 2.67. The Hall–Kier alpha value is -1.06. The van der Waals surface area contributed by atoms with Crippen molar-refractivity contribution in [1.29, 1.82) is 0 Å². The summed E-state index contributed by atoms with van der Waals surface area (Å²) in [5, 5.41) is 3.84. The van der Waals surface area contributed by atoms with Crippen LogP contribution in [0.25, 0.3) is 10.1 Å². The van der Waals surface area contributed by atoms with Crippen molar-refractivity contribution >= 4 is 75.9 Å². The van der Waals surface area contributed by atoms with E-state index >= 15 is 0 Å². The Morgan fingerprint density at radius 3 is 2.08 bits per heavy atom. The molecule has 17 heteroatoms. The van der Waals surface area contributed by atoms with Gasteiger partial charge in [-0.3, -0.25) is 18.9 Å². The smallest absolute Gasteiger partial charge is 0.625 e. The normalized spacial score (nSPS) is 14.0. The SMILES string of the molecule is CC(=O)O[BH-](OC(C)=O)OC(C)=O.O=P(O)(O)C(F)(F)c1sc2c(NCCC3CCCCC3)cccc2c1Br.[Na+]. The molecule has 1 aliphatic rings. The van der Waals surface area contributed by atoms with Gasteiger partial charge in [0.2, 0.25) is 0 Å². The number of hydrogen-bond acceptors (Lipinski definition) is 9. The van der Waals surface area contributed by atoms with E-state index in [0.29, 0.717) is 16.0 Å². The van der Waals surface area contributed by atoms with Crippen molar-refractivity contribution in [3.05, 3.63) is 27.5 Å². The molecule has 0 atom stereocenters. The zero-order chi connectivity index (χ0) is 29.4. The third-order valence-electron chi connectivity index (χ3n) is 5.85. The molecule has 218 valence electrons. The molecule has 0 aliphatic heterocycles. The summed E-state index contributed by atoms with van der Waals surface area (Å²) < 4.78 is 53.5. The number of anilines is 1. The van der Waals surface area contributed by atoms with Gasteiger partial charge in [0.05, 0.1) is 10.4 Å². The van der Waals surface area contributed by atoms with Gasteiger partial charge < -0.3 is 29.1 Å². The molecule has 1 heterocycles. The van der Waals surface area contributed by atoms with Crippen molar-refractivity contribution in [2.75, 3.05) is 11.9 Å². The summed E-state index contributed by atoms with van der Waals surface area (Å²) in [5.41, 5.74) is -3.49. The number of carbonyl (C=O) groups is 3. The number of fused-ring (bicyclic) bond motifs is 1. The first-order valence-corrected chi connectivity index (χ1v) is 15.4. The van der Waals surface area contributed by atoms with Gasteiger partial charge in [0.1, 0.15) is 4.88 Å². The maximum Gasteiger partial charge on any atom is 1.00 e. The third kappa shape index (κ3) is 11.0. The number of carbonyl (C=O) groups excluding carboxylic acids is 3. The minimum Gasteiger partial charge on any atom is -0.625 e. The van der Waals surface area contributed by atoms with Crippen LogP contribution >= 0.6 is 34.9 Å². The molecule has 1 aromatic heterocycles. The molecule has 1 aromatic carbocycles. The Morgan fingerprint density at radius 2 is 1.60 bits per heavy atom. The van der Waals surface area contributed by atoms with Crippen molar-refractivity contribution in [1.82, 2.24) is 0 Å². The fraction of sp³-hybridized carbons (Fsp3) is 0.522. The first-order valence-electron chi connectivity index (χ1n) is 12.2. The molecular weight excluding hydrogens is 649 g/mol. The van der Waals surface area contributed by atoms with E-state index in [-0.39, 0.29) is 34.0 Å². The molecule has 3 N–H and O–H groups in total. The first kappa shape index (κ1) is 37.0. The van der Waals surface area contributed by atoms with Gasteiger partial charge in [-0.2, -0.15) is 8.78 Å². The summed E-state index contributed by atoms with van der Waals surface area (Å²) in [6, 6.07) is 5.23. The first-order chi connectivity index (χ1) is 18.1. The van der Waals surface area contributed by atoms with Crippen molar-refractivity contribution in [2.45, 2.75) is 65.0 Å². The summed E-state index contributed by atoms with van der Waals surface area (Å²) in [7, 11) is -8.01. The Kier molecular flexibility index (Phi) is 15.3. The van der Waals surface area contributed by atoms with Crippen LogP contribution in [0.3, 0.4) is 0 Å². The average Bonchev–Trinajstić information content (AvgIpc) is 3.16. The molecule has 0 bridgehead atoms. The molecule has 1 fully saturated rings. The van der Waals surface area contributed by atoms with Crippen molar-refractivity contribution in [3.63, 3.8) is 0 Å². The summed E-state index contributed by atoms with van der Waals surface area (Å²) in [5.74, 6) is -1.33. The van der Waals surface area contributed by atoms with Gasteiger partial charge in [-0.05, 0) is 34.3 Å². The van der Waals surface area contributed by atoms with Crippen LogP contribution in [0.1, 0.15) is 64.2 Å². The molecule has 1 aliphatic carbocycles. The molecule has 0 unspecified atom stereocenters. The molecule has 2 aromatic rings. The number of nitrogens with one attached hydrogen (secondary N) is 1. The van der Waals surface area contributed by atoms with Gasteiger partial charge in [-0.25, -0.2) is 0 Å². The topological polar surface area (TPSA) is 148 Å². The average molecular weight is 680 g/mol. The van der Waals surface area contributed by atoms with Crippen molar-refractivity contribution in [2.24, 2.45) is 5.92 Å². The number of thiophene rings is 1. The molecule has 0 spiro atoms. The summed E-state index contributed by atoms with van der Waals surface area (Å²) in [6.07, 6.45) is 7.39. The molecule has 0 amide bonds. The largest absolute Gasteiger partial charge is 1.00 e. The molecule has 10 nitrogen and oxygen atoms in total. The monoisotopic (exact) mass is 679 g/mol. The predicted molar refractivity (Wildman–Crippen MR) is 148 cm³/mol. The van der Waals surface area contributed by atoms with Crippen molar-refractivity contribution in [3.8, 4) is 0 Å². The van der Waals surface area contributed by atoms with Gasteiger partial charge in [0.15, 0.2) is 0 Å². The summed E-state index contributed by atoms with van der Waals surface area (Å²) in [6.45, 7) is 4.11. The zero-order valence-electron chi connectivity index (χ0n) is 22.7. The van der Waals surface area contributed by atoms with Gasteiger partial charge in [-0.15, -0.1) is 11.3 Å². The molecule has 3 rings (SSSR count). The maximum atomic E-state index is 14.2. The van der Waals surface area contributed by atoms with E-state index in [4.69, 9.17) is 9.79 Å². The Bertz CT molecular complexity index is 1190. The molecular formula is C23H31BBrF2NNaO9PS. The zero-order valence-corrected chi connectivity index (χ0v) is 28.0. The molecule has 0 radical (unpaired) electrons. The maximum absolute atomic E-state index is 14.2. The third-order valence-corrected chi connectivity index (χ3v) is 9.35. The Labute approximate surface area is 265 Å². The summed E-state index contributed by atoms with van der Waals surface area (Å²) >= 11 is 3.82. The number of alkyl halides is 2. The van der Waals surface area contributed by atoms with Crippen LogP contribution in [0.5, 0.6) is 0 Å². The number of hydrogen-bond donors (Lipinski definition) is 3.